The Morgan fingerprint density at radius 3 is 2.56 bits per heavy atom. The lowest BCUT2D eigenvalue weighted by molar-refractivity contribution is 0.0519. The van der Waals surface area contributed by atoms with Crippen molar-refractivity contribution in [2.45, 2.75) is 78.0 Å². The van der Waals surface area contributed by atoms with Crippen LogP contribution >= 0.6 is 11.6 Å². The highest BCUT2D eigenvalue weighted by Crippen LogP contribution is 2.30. The Hall–Kier alpha value is -1.76. The number of ether oxygens (including phenoxy) is 1. The fourth-order valence-electron chi connectivity index (χ4n) is 3.21. The van der Waals surface area contributed by atoms with Crippen molar-refractivity contribution in [3.05, 3.63) is 21.6 Å². The molecule has 1 aliphatic rings. The summed E-state index contributed by atoms with van der Waals surface area (Å²) in [6.07, 6.45) is 4.16. The number of hydrogen-bond donors (Lipinski definition) is 2. The fraction of sp³-hybridized carbons (Fsp3) is 0.737. The largest absolute Gasteiger partial charge is 0.444 e. The molecule has 2 atom stereocenters. The minimum absolute atomic E-state index is 0.115. The number of alkyl carbamates (subject to hydrolysis) is 1. The van der Waals surface area contributed by atoms with Crippen LogP contribution < -0.4 is 16.2 Å². The second-order valence-corrected chi connectivity index (χ2v) is 9.46. The number of nitrogens with zero attached hydrogens (tertiary/aromatic N) is 2. The van der Waals surface area contributed by atoms with E-state index in [2.05, 4.69) is 15.7 Å². The zero-order chi connectivity index (χ0) is 20.4. The van der Waals surface area contributed by atoms with Gasteiger partial charge in [-0.1, -0.05) is 18.0 Å². The van der Waals surface area contributed by atoms with Crippen LogP contribution in [0, 0.1) is 5.92 Å². The first-order chi connectivity index (χ1) is 12.4. The van der Waals surface area contributed by atoms with Gasteiger partial charge >= 0.3 is 6.09 Å². The van der Waals surface area contributed by atoms with Crippen molar-refractivity contribution in [2.24, 2.45) is 5.92 Å². The third kappa shape index (κ3) is 5.86. The lowest BCUT2D eigenvalue weighted by atomic mass is 10.0. The Balaban J connectivity index is 2.03. The van der Waals surface area contributed by atoms with E-state index in [1.807, 2.05) is 41.5 Å². The average molecular weight is 399 g/mol. The van der Waals surface area contributed by atoms with Crippen LogP contribution in [-0.2, 0) is 10.3 Å². The first kappa shape index (κ1) is 21.5. The molecule has 2 rings (SSSR count). The topological polar surface area (TPSA) is 85.2 Å². The van der Waals surface area contributed by atoms with Gasteiger partial charge in [0.25, 0.3) is 5.56 Å². The van der Waals surface area contributed by atoms with Crippen LogP contribution in [0.4, 0.5) is 10.5 Å². The molecule has 1 aliphatic carbocycles. The van der Waals surface area contributed by atoms with E-state index in [4.69, 9.17) is 16.3 Å². The van der Waals surface area contributed by atoms with E-state index < -0.39 is 17.2 Å². The number of nitrogens with one attached hydrogen (secondary N) is 2. The summed E-state index contributed by atoms with van der Waals surface area (Å²) in [7, 11) is 0. The van der Waals surface area contributed by atoms with Gasteiger partial charge in [0.05, 0.1) is 17.4 Å². The lowest BCUT2D eigenvalue weighted by Crippen LogP contribution is -2.39. The second-order valence-electron chi connectivity index (χ2n) is 9.08. The molecule has 1 heterocycles. The van der Waals surface area contributed by atoms with Crippen molar-refractivity contribution >= 4 is 23.4 Å². The molecule has 0 bridgehead atoms. The Kier molecular flexibility index (Phi) is 6.45. The molecule has 0 spiro atoms. The van der Waals surface area contributed by atoms with Gasteiger partial charge in [-0.25, -0.2) is 9.48 Å². The number of halogens is 1. The van der Waals surface area contributed by atoms with Crippen LogP contribution in [0.1, 0.15) is 60.8 Å². The third-order valence-electron chi connectivity index (χ3n) is 4.46. The first-order valence-electron chi connectivity index (χ1n) is 9.40. The number of aromatic nitrogens is 2. The summed E-state index contributed by atoms with van der Waals surface area (Å²) in [5, 5.41) is 10.6. The molecule has 0 unspecified atom stereocenters. The van der Waals surface area contributed by atoms with Crippen molar-refractivity contribution in [1.29, 1.82) is 0 Å². The van der Waals surface area contributed by atoms with Gasteiger partial charge in [-0.2, -0.15) is 5.10 Å². The number of amides is 1. The Morgan fingerprint density at radius 1 is 1.30 bits per heavy atom. The van der Waals surface area contributed by atoms with Gasteiger partial charge in [-0.3, -0.25) is 4.79 Å². The molecule has 152 valence electrons. The maximum Gasteiger partial charge on any atom is 0.407 e. The minimum atomic E-state index is -0.520. The van der Waals surface area contributed by atoms with Crippen molar-refractivity contribution in [3.63, 3.8) is 0 Å². The maximum atomic E-state index is 12.5. The molecule has 0 aliphatic heterocycles. The second kappa shape index (κ2) is 8.09. The fourth-order valence-corrected chi connectivity index (χ4v) is 3.39. The summed E-state index contributed by atoms with van der Waals surface area (Å²) in [4.78, 5) is 24.4. The van der Waals surface area contributed by atoms with E-state index in [1.165, 1.54) is 4.68 Å². The summed E-state index contributed by atoms with van der Waals surface area (Å²) < 4.78 is 6.67. The standard InChI is InChI=1S/C19H31ClN4O3/c1-18(2,3)24-16(25)15(20)14(11-22-24)23-13-9-7-8-12(13)10-21-17(26)27-19(4,5)6/h11-13,23H,7-10H2,1-6H3,(H,21,26)/t12-,13-/m1/s1. The van der Waals surface area contributed by atoms with E-state index in [-0.39, 0.29) is 22.5 Å². The molecule has 1 amide bonds. The van der Waals surface area contributed by atoms with Gasteiger partial charge in [-0.15, -0.1) is 0 Å². The monoisotopic (exact) mass is 398 g/mol. The van der Waals surface area contributed by atoms with Crippen LogP contribution in [0.2, 0.25) is 5.02 Å². The van der Waals surface area contributed by atoms with Crippen LogP contribution in [-0.4, -0.2) is 34.1 Å². The van der Waals surface area contributed by atoms with Crippen molar-refractivity contribution in [1.82, 2.24) is 15.1 Å². The minimum Gasteiger partial charge on any atom is -0.444 e. The van der Waals surface area contributed by atoms with Gasteiger partial charge in [0, 0.05) is 12.6 Å². The predicted molar refractivity (Wildman–Crippen MR) is 107 cm³/mol. The normalized spacial score (nSPS) is 20.4. The number of anilines is 1. The van der Waals surface area contributed by atoms with E-state index in [0.29, 0.717) is 12.2 Å². The lowest BCUT2D eigenvalue weighted by Gasteiger charge is -2.25. The smallest absolute Gasteiger partial charge is 0.407 e. The first-order valence-corrected chi connectivity index (χ1v) is 9.78. The molecule has 7 nitrogen and oxygen atoms in total. The molecule has 0 radical (unpaired) electrons. The molecule has 27 heavy (non-hydrogen) atoms. The number of hydrogen-bond acceptors (Lipinski definition) is 5. The third-order valence-corrected chi connectivity index (χ3v) is 4.83. The summed E-state index contributed by atoms with van der Waals surface area (Å²) in [5.74, 6) is 0.235. The Labute approximate surface area is 165 Å². The van der Waals surface area contributed by atoms with Crippen LogP contribution in [0.3, 0.4) is 0 Å². The summed E-state index contributed by atoms with van der Waals surface area (Å²) in [5.41, 5.74) is -0.730. The zero-order valence-corrected chi connectivity index (χ0v) is 17.8. The van der Waals surface area contributed by atoms with Crippen molar-refractivity contribution in [2.75, 3.05) is 11.9 Å². The quantitative estimate of drug-likeness (QED) is 0.806. The van der Waals surface area contributed by atoms with Gasteiger partial charge in [0.15, 0.2) is 0 Å². The van der Waals surface area contributed by atoms with Gasteiger partial charge in [0.1, 0.15) is 10.6 Å². The van der Waals surface area contributed by atoms with E-state index in [9.17, 15) is 9.59 Å². The molecular formula is C19H31ClN4O3. The average Bonchev–Trinajstić information content (AvgIpc) is 2.94. The molecule has 0 saturated heterocycles. The number of rotatable bonds is 4. The Morgan fingerprint density at radius 2 is 1.96 bits per heavy atom. The molecule has 0 aromatic carbocycles. The van der Waals surface area contributed by atoms with E-state index in [1.54, 1.807) is 6.20 Å². The van der Waals surface area contributed by atoms with Gasteiger partial charge in [-0.05, 0) is 60.3 Å². The summed E-state index contributed by atoms with van der Waals surface area (Å²) in [6.45, 7) is 11.7. The highest BCUT2D eigenvalue weighted by atomic mass is 35.5. The summed E-state index contributed by atoms with van der Waals surface area (Å²) in [6, 6.07) is 0.115. The zero-order valence-electron chi connectivity index (χ0n) is 17.1. The molecule has 1 aromatic rings. The highest BCUT2D eigenvalue weighted by Gasteiger charge is 2.29. The maximum absolute atomic E-state index is 12.5. The van der Waals surface area contributed by atoms with E-state index >= 15 is 0 Å². The molecule has 1 fully saturated rings. The molecule has 2 N–H and O–H groups in total. The molecule has 8 heteroatoms. The summed E-state index contributed by atoms with van der Waals surface area (Å²) >= 11 is 6.31. The number of carbonyl (C=O) groups excluding carboxylic acids is 1. The highest BCUT2D eigenvalue weighted by molar-refractivity contribution is 6.32. The van der Waals surface area contributed by atoms with Gasteiger partial charge in [0.2, 0.25) is 0 Å². The van der Waals surface area contributed by atoms with Crippen molar-refractivity contribution in [3.8, 4) is 0 Å². The SMILES string of the molecule is CC(C)(C)OC(=O)NC[C@H]1CCC[C@H]1Nc1cnn(C(C)(C)C)c(=O)c1Cl. The Bertz CT molecular complexity index is 734. The van der Waals surface area contributed by atoms with Crippen LogP contribution in [0.5, 0.6) is 0 Å². The van der Waals surface area contributed by atoms with Crippen molar-refractivity contribution < 1.29 is 9.53 Å². The van der Waals surface area contributed by atoms with Crippen LogP contribution in [0.15, 0.2) is 11.0 Å². The molecule has 1 aromatic heterocycles. The molecular weight excluding hydrogens is 368 g/mol. The molecule has 1 saturated carbocycles. The van der Waals surface area contributed by atoms with E-state index in [0.717, 1.165) is 19.3 Å². The van der Waals surface area contributed by atoms with Crippen LogP contribution in [0.25, 0.3) is 0 Å². The van der Waals surface area contributed by atoms with Gasteiger partial charge < -0.3 is 15.4 Å². The number of carbonyl (C=O) groups is 1. The predicted octanol–water partition coefficient (Wildman–Crippen LogP) is 3.76.